The first-order valence-corrected chi connectivity index (χ1v) is 16.7. The fourth-order valence-corrected chi connectivity index (χ4v) is 7.26. The van der Waals surface area contributed by atoms with Gasteiger partial charge in [-0.3, -0.25) is 19.7 Å². The Labute approximate surface area is 289 Å². The minimum Gasteiger partial charge on any atom is -0.294 e. The summed E-state index contributed by atoms with van der Waals surface area (Å²) in [7, 11) is 2.03. The number of pyridine rings is 1. The number of hydrogen-bond acceptors (Lipinski definition) is 2. The molecule has 3 heterocycles. The van der Waals surface area contributed by atoms with Crippen molar-refractivity contribution in [3.05, 3.63) is 181 Å². The highest BCUT2D eigenvalue weighted by molar-refractivity contribution is 6.22. The first kappa shape index (κ1) is 29.4. The molecule has 6 heteroatoms. The summed E-state index contributed by atoms with van der Waals surface area (Å²) in [5, 5.41) is 15.6. The fraction of sp³-hybridized carbons (Fsp3) is 0.0227. The van der Waals surface area contributed by atoms with Crippen LogP contribution in [0.3, 0.4) is 0 Å². The molecule has 0 aliphatic rings. The van der Waals surface area contributed by atoms with Crippen LogP contribution in [0.2, 0.25) is 0 Å². The molecule has 6 aromatic carbocycles. The predicted octanol–water partition coefficient (Wildman–Crippen LogP) is 9.99. The third kappa shape index (κ3) is 4.69. The fourth-order valence-electron chi connectivity index (χ4n) is 7.26. The van der Waals surface area contributed by atoms with Crippen molar-refractivity contribution in [1.82, 2.24) is 14.2 Å². The van der Waals surface area contributed by atoms with Crippen molar-refractivity contribution >= 4 is 55.4 Å². The number of hydrogen-bond donors (Lipinski definition) is 1. The van der Waals surface area contributed by atoms with Gasteiger partial charge in [-0.2, -0.15) is 0 Å². The molecule has 0 radical (unpaired) electrons. The van der Waals surface area contributed by atoms with Gasteiger partial charge in [0.25, 0.3) is 0 Å². The quantitative estimate of drug-likeness (QED) is 0.150. The zero-order valence-electron chi connectivity index (χ0n) is 27.4. The number of nitrogens with zero attached hydrogens (tertiary/aromatic N) is 5. The lowest BCUT2D eigenvalue weighted by Gasteiger charge is -2.25. The largest absolute Gasteiger partial charge is 0.294 e. The summed E-state index contributed by atoms with van der Waals surface area (Å²) in [6.45, 7) is 0. The van der Waals surface area contributed by atoms with Crippen LogP contribution in [-0.2, 0) is 0 Å². The van der Waals surface area contributed by atoms with E-state index in [9.17, 15) is 0 Å². The molecule has 0 bridgehead atoms. The van der Waals surface area contributed by atoms with Crippen molar-refractivity contribution < 1.29 is 0 Å². The SMILES string of the molecule is CN(C(=NC(=N)c1ccccc1)c1ccccc1)n1c2ccccc2c2c(-c3ccnc4c3c3ccccc3n4-c3ccccc3)cccc21. The Morgan fingerprint density at radius 2 is 1.12 bits per heavy atom. The van der Waals surface area contributed by atoms with Crippen LogP contribution in [0.1, 0.15) is 11.1 Å². The van der Waals surface area contributed by atoms with Crippen LogP contribution in [-0.4, -0.2) is 32.9 Å². The second kappa shape index (κ2) is 12.0. The summed E-state index contributed by atoms with van der Waals surface area (Å²) < 4.78 is 4.49. The molecule has 0 saturated carbocycles. The van der Waals surface area contributed by atoms with E-state index in [-0.39, 0.29) is 5.84 Å². The Bertz CT molecular complexity index is 2720. The Balaban J connectivity index is 1.31. The first-order valence-electron chi connectivity index (χ1n) is 16.7. The van der Waals surface area contributed by atoms with E-state index >= 15 is 0 Å². The lowest BCUT2D eigenvalue weighted by Crippen LogP contribution is -2.37. The summed E-state index contributed by atoms with van der Waals surface area (Å²) in [4.78, 5) is 9.95. The Morgan fingerprint density at radius 1 is 0.560 bits per heavy atom. The van der Waals surface area contributed by atoms with E-state index < -0.39 is 0 Å². The Morgan fingerprint density at radius 3 is 1.84 bits per heavy atom. The molecule has 0 amide bonds. The van der Waals surface area contributed by atoms with Gasteiger partial charge >= 0.3 is 0 Å². The number of aromatic nitrogens is 3. The molecule has 9 rings (SSSR count). The predicted molar refractivity (Wildman–Crippen MR) is 207 cm³/mol. The van der Waals surface area contributed by atoms with E-state index in [4.69, 9.17) is 15.4 Å². The third-order valence-electron chi connectivity index (χ3n) is 9.44. The van der Waals surface area contributed by atoms with Crippen molar-refractivity contribution in [2.45, 2.75) is 0 Å². The van der Waals surface area contributed by atoms with Gasteiger partial charge in [-0.1, -0.05) is 127 Å². The van der Waals surface area contributed by atoms with Crippen LogP contribution < -0.4 is 5.01 Å². The van der Waals surface area contributed by atoms with Crippen LogP contribution in [0, 0.1) is 5.41 Å². The third-order valence-corrected chi connectivity index (χ3v) is 9.44. The Kier molecular flexibility index (Phi) is 7.06. The molecule has 0 aliphatic carbocycles. The van der Waals surface area contributed by atoms with E-state index in [0.29, 0.717) is 5.84 Å². The minimum absolute atomic E-state index is 0.201. The minimum atomic E-state index is 0.201. The molecule has 6 nitrogen and oxygen atoms in total. The number of rotatable bonds is 5. The van der Waals surface area contributed by atoms with Crippen LogP contribution in [0.15, 0.2) is 175 Å². The molecule has 1 N–H and O–H groups in total. The van der Waals surface area contributed by atoms with Gasteiger partial charge in [0.05, 0.1) is 16.6 Å². The highest BCUT2D eigenvalue weighted by Gasteiger charge is 2.23. The maximum absolute atomic E-state index is 8.98. The first-order chi connectivity index (χ1) is 24.7. The molecule has 9 aromatic rings. The number of para-hydroxylation sites is 3. The molecule has 238 valence electrons. The van der Waals surface area contributed by atoms with E-state index in [1.807, 2.05) is 80.0 Å². The van der Waals surface area contributed by atoms with Gasteiger partial charge in [-0.05, 0) is 47.5 Å². The average molecular weight is 645 g/mol. The highest BCUT2D eigenvalue weighted by Crippen LogP contribution is 2.42. The van der Waals surface area contributed by atoms with E-state index in [2.05, 4.69) is 111 Å². The summed E-state index contributed by atoms with van der Waals surface area (Å²) in [6.07, 6.45) is 1.93. The smallest absolute Gasteiger partial charge is 0.157 e. The molecule has 50 heavy (non-hydrogen) atoms. The summed E-state index contributed by atoms with van der Waals surface area (Å²) in [6, 6.07) is 56.0. The van der Waals surface area contributed by atoms with Crippen molar-refractivity contribution in [3.8, 4) is 16.8 Å². The van der Waals surface area contributed by atoms with Crippen molar-refractivity contribution in [2.24, 2.45) is 4.99 Å². The maximum Gasteiger partial charge on any atom is 0.157 e. The molecule has 0 spiro atoms. The van der Waals surface area contributed by atoms with Crippen molar-refractivity contribution in [1.29, 1.82) is 5.41 Å². The van der Waals surface area contributed by atoms with E-state index in [1.165, 1.54) is 0 Å². The number of nitrogens with one attached hydrogen (secondary N) is 1. The summed E-state index contributed by atoms with van der Waals surface area (Å²) >= 11 is 0. The molecular formula is C44H32N6. The summed E-state index contributed by atoms with van der Waals surface area (Å²) in [5.74, 6) is 0.872. The van der Waals surface area contributed by atoms with Crippen molar-refractivity contribution in [3.63, 3.8) is 0 Å². The van der Waals surface area contributed by atoms with Gasteiger partial charge in [0, 0.05) is 51.6 Å². The number of benzene rings is 6. The van der Waals surface area contributed by atoms with E-state index in [1.54, 1.807) is 0 Å². The lowest BCUT2D eigenvalue weighted by molar-refractivity contribution is 0.865. The monoisotopic (exact) mass is 644 g/mol. The molecule has 0 unspecified atom stereocenters. The second-order valence-corrected chi connectivity index (χ2v) is 12.3. The van der Waals surface area contributed by atoms with Gasteiger partial charge in [0.2, 0.25) is 0 Å². The molecule has 0 aliphatic heterocycles. The molecule has 3 aromatic heterocycles. The zero-order valence-corrected chi connectivity index (χ0v) is 27.4. The maximum atomic E-state index is 8.98. The summed E-state index contributed by atoms with van der Waals surface area (Å²) in [5.41, 5.74) is 9.14. The molecule has 0 saturated heterocycles. The van der Waals surface area contributed by atoms with Crippen LogP contribution >= 0.6 is 0 Å². The van der Waals surface area contributed by atoms with Gasteiger partial charge in [0.15, 0.2) is 11.7 Å². The zero-order chi connectivity index (χ0) is 33.6. The number of fused-ring (bicyclic) bond motifs is 6. The second-order valence-electron chi connectivity index (χ2n) is 12.3. The molecular weight excluding hydrogens is 613 g/mol. The van der Waals surface area contributed by atoms with Crippen LogP contribution in [0.25, 0.3) is 60.6 Å². The van der Waals surface area contributed by atoms with Gasteiger partial charge in [0.1, 0.15) is 5.65 Å². The molecule has 0 fully saturated rings. The van der Waals surface area contributed by atoms with Crippen LogP contribution in [0.4, 0.5) is 0 Å². The van der Waals surface area contributed by atoms with E-state index in [0.717, 1.165) is 71.7 Å². The standard InChI is InChI=1S/C44H32N6/c1-48(43(31-18-7-3-8-19-31)47-42(45)30-16-5-2-6-17-30)50-38-26-14-12-23-36(38)40-33(24-15-27-39(40)50)34-28-29-46-44-41(34)35-22-11-13-25-37(35)49(44)32-20-9-4-10-21-32/h2-29,45H,1H3. The van der Waals surface area contributed by atoms with Gasteiger partial charge in [-0.25, -0.2) is 9.98 Å². The lowest BCUT2D eigenvalue weighted by atomic mass is 9.97. The number of amidine groups is 2. The average Bonchev–Trinajstić information content (AvgIpc) is 3.71. The normalized spacial score (nSPS) is 11.9. The van der Waals surface area contributed by atoms with Crippen molar-refractivity contribution in [2.75, 3.05) is 12.1 Å². The molecule has 0 atom stereocenters. The van der Waals surface area contributed by atoms with Crippen LogP contribution in [0.5, 0.6) is 0 Å². The number of aliphatic imine (C=N–C) groups is 1. The Hall–Kier alpha value is -6.79. The van der Waals surface area contributed by atoms with Gasteiger partial charge < -0.3 is 0 Å². The highest BCUT2D eigenvalue weighted by atomic mass is 15.6. The topological polar surface area (TPSA) is 62.2 Å². The van der Waals surface area contributed by atoms with Gasteiger partial charge in [-0.15, -0.1) is 0 Å².